The van der Waals surface area contributed by atoms with Crippen molar-refractivity contribution in [2.24, 2.45) is 0 Å². The quantitative estimate of drug-likeness (QED) is 0.598. The van der Waals surface area contributed by atoms with Gasteiger partial charge in [-0.3, -0.25) is 4.79 Å². The summed E-state index contributed by atoms with van der Waals surface area (Å²) in [6, 6.07) is 11.3. The topological polar surface area (TPSA) is 103 Å². The molecule has 0 saturated heterocycles. The van der Waals surface area contributed by atoms with Crippen molar-refractivity contribution in [3.63, 3.8) is 0 Å². The summed E-state index contributed by atoms with van der Waals surface area (Å²) in [4.78, 5) is 22.3. The Morgan fingerprint density at radius 1 is 1.00 bits per heavy atom. The van der Waals surface area contributed by atoms with E-state index in [9.17, 15) is 4.79 Å². The summed E-state index contributed by atoms with van der Waals surface area (Å²) in [5.41, 5.74) is 3.24. The second-order valence-electron chi connectivity index (χ2n) is 5.92. The second-order valence-corrected chi connectivity index (χ2v) is 5.92. The maximum atomic E-state index is 12.4. The summed E-state index contributed by atoms with van der Waals surface area (Å²) in [5.74, 6) is 0.0493. The molecule has 0 radical (unpaired) electrons. The third-order valence-electron chi connectivity index (χ3n) is 3.81. The average molecular weight is 360 g/mol. The van der Waals surface area contributed by atoms with Crippen molar-refractivity contribution in [1.29, 1.82) is 0 Å². The molecule has 0 aliphatic heterocycles. The van der Waals surface area contributed by atoms with E-state index in [4.69, 9.17) is 0 Å². The molecule has 134 valence electrons. The molecule has 0 aliphatic rings. The molecule has 0 spiro atoms. The van der Waals surface area contributed by atoms with Crippen LogP contribution in [0, 0.1) is 13.8 Å². The molecule has 9 nitrogen and oxygen atoms in total. The minimum atomic E-state index is -0.389. The van der Waals surface area contributed by atoms with E-state index in [1.807, 2.05) is 50.2 Å². The van der Waals surface area contributed by atoms with Gasteiger partial charge in [-0.25, -0.2) is 14.6 Å². The number of hydrogen-bond acceptors (Lipinski definition) is 6. The Kier molecular flexibility index (Phi) is 4.17. The van der Waals surface area contributed by atoms with Crippen molar-refractivity contribution in [3.05, 3.63) is 72.1 Å². The van der Waals surface area contributed by atoms with Crippen molar-refractivity contribution < 1.29 is 4.79 Å². The number of aryl methyl sites for hydroxylation is 2. The van der Waals surface area contributed by atoms with Gasteiger partial charge in [-0.1, -0.05) is 18.2 Å². The lowest BCUT2D eigenvalue weighted by atomic mass is 10.3. The van der Waals surface area contributed by atoms with Crippen molar-refractivity contribution in [2.45, 2.75) is 13.8 Å². The van der Waals surface area contributed by atoms with Crippen LogP contribution in [0.3, 0.4) is 0 Å². The highest BCUT2D eigenvalue weighted by Gasteiger charge is 2.13. The Balaban J connectivity index is 1.49. The highest BCUT2D eigenvalue weighted by molar-refractivity contribution is 6.02. The largest absolute Gasteiger partial charge is 0.318 e. The summed E-state index contributed by atoms with van der Waals surface area (Å²) < 4.78 is 1.65. The molecule has 0 saturated carbocycles. The summed E-state index contributed by atoms with van der Waals surface area (Å²) in [5, 5.41) is 15.4. The number of benzene rings is 1. The SMILES string of the molecule is Cc1cc(C)n(-c2ncc(NC(=O)c3cnn(-c4ccccc4)n3)cn2)n1. The molecule has 3 heterocycles. The van der Waals surface area contributed by atoms with Crippen LogP contribution < -0.4 is 5.32 Å². The summed E-state index contributed by atoms with van der Waals surface area (Å²) in [7, 11) is 0. The lowest BCUT2D eigenvalue weighted by molar-refractivity contribution is 0.102. The first-order valence-corrected chi connectivity index (χ1v) is 8.25. The molecule has 1 aromatic carbocycles. The lowest BCUT2D eigenvalue weighted by Gasteiger charge is -2.05. The van der Waals surface area contributed by atoms with Gasteiger partial charge >= 0.3 is 0 Å². The number of nitrogens with zero attached hydrogens (tertiary/aromatic N) is 7. The van der Waals surface area contributed by atoms with Crippen molar-refractivity contribution in [2.75, 3.05) is 5.32 Å². The minimum absolute atomic E-state index is 0.196. The van der Waals surface area contributed by atoms with E-state index >= 15 is 0 Å². The van der Waals surface area contributed by atoms with Crippen LogP contribution in [0.25, 0.3) is 11.6 Å². The first-order valence-electron chi connectivity index (χ1n) is 8.25. The molecule has 1 N–H and O–H groups in total. The van der Waals surface area contributed by atoms with Crippen LogP contribution in [0.2, 0.25) is 0 Å². The maximum absolute atomic E-state index is 12.4. The molecule has 0 unspecified atom stereocenters. The molecule has 0 bridgehead atoms. The van der Waals surface area contributed by atoms with Gasteiger partial charge in [-0.05, 0) is 32.0 Å². The van der Waals surface area contributed by atoms with Gasteiger partial charge in [0.05, 0.1) is 35.7 Å². The Morgan fingerprint density at radius 3 is 2.41 bits per heavy atom. The smallest absolute Gasteiger partial charge is 0.277 e. The van der Waals surface area contributed by atoms with E-state index in [-0.39, 0.29) is 11.6 Å². The second kappa shape index (κ2) is 6.79. The number of rotatable bonds is 4. The van der Waals surface area contributed by atoms with E-state index in [1.165, 1.54) is 23.4 Å². The molecular weight excluding hydrogens is 344 g/mol. The molecule has 0 aliphatic carbocycles. The van der Waals surface area contributed by atoms with E-state index in [0.29, 0.717) is 11.6 Å². The van der Waals surface area contributed by atoms with Crippen LogP contribution in [0.5, 0.6) is 0 Å². The van der Waals surface area contributed by atoms with Gasteiger partial charge in [0.25, 0.3) is 11.9 Å². The van der Waals surface area contributed by atoms with Crippen LogP contribution in [0.15, 0.2) is 55.0 Å². The number of nitrogens with one attached hydrogen (secondary N) is 1. The number of anilines is 1. The standard InChI is InChI=1S/C18H16N8O/c1-12-8-13(2)25(23-12)18-19-9-14(10-20-18)22-17(27)16-11-21-26(24-16)15-6-4-3-5-7-15/h3-11H,1-2H3,(H,22,27). The number of amides is 1. The van der Waals surface area contributed by atoms with E-state index in [1.54, 1.807) is 4.68 Å². The van der Waals surface area contributed by atoms with Crippen molar-refractivity contribution in [3.8, 4) is 11.6 Å². The Morgan fingerprint density at radius 2 is 1.74 bits per heavy atom. The number of hydrogen-bond donors (Lipinski definition) is 1. The maximum Gasteiger partial charge on any atom is 0.277 e. The first-order chi connectivity index (χ1) is 13.1. The molecule has 1 amide bonds. The van der Waals surface area contributed by atoms with Gasteiger partial charge in [0.15, 0.2) is 5.69 Å². The van der Waals surface area contributed by atoms with E-state index in [0.717, 1.165) is 17.1 Å². The number of carbonyl (C=O) groups is 1. The van der Waals surface area contributed by atoms with Crippen molar-refractivity contribution in [1.82, 2.24) is 34.7 Å². The van der Waals surface area contributed by atoms with Gasteiger partial charge < -0.3 is 5.32 Å². The molecule has 0 fully saturated rings. The Labute approximate surface area is 154 Å². The molecule has 0 atom stereocenters. The highest BCUT2D eigenvalue weighted by Crippen LogP contribution is 2.11. The Hall–Kier alpha value is -3.88. The monoisotopic (exact) mass is 360 g/mol. The highest BCUT2D eigenvalue weighted by atomic mass is 16.2. The van der Waals surface area contributed by atoms with Crippen LogP contribution in [0.1, 0.15) is 21.9 Å². The zero-order valence-corrected chi connectivity index (χ0v) is 14.7. The van der Waals surface area contributed by atoms with Gasteiger partial charge in [0, 0.05) is 5.69 Å². The predicted molar refractivity (Wildman–Crippen MR) is 97.9 cm³/mol. The summed E-state index contributed by atoms with van der Waals surface area (Å²) >= 11 is 0. The number of carbonyl (C=O) groups excluding carboxylic acids is 1. The number of para-hydroxylation sites is 1. The lowest BCUT2D eigenvalue weighted by Crippen LogP contribution is -2.14. The molecule has 4 rings (SSSR count). The van der Waals surface area contributed by atoms with Crippen LogP contribution in [-0.4, -0.2) is 40.6 Å². The van der Waals surface area contributed by atoms with Crippen molar-refractivity contribution >= 4 is 11.6 Å². The third-order valence-corrected chi connectivity index (χ3v) is 3.81. The summed E-state index contributed by atoms with van der Waals surface area (Å²) in [6.07, 6.45) is 4.46. The zero-order chi connectivity index (χ0) is 18.8. The van der Waals surface area contributed by atoms with E-state index < -0.39 is 0 Å². The normalized spacial score (nSPS) is 10.7. The van der Waals surface area contributed by atoms with Gasteiger partial charge in [-0.15, -0.1) is 5.10 Å². The van der Waals surface area contributed by atoms with Crippen LogP contribution in [-0.2, 0) is 0 Å². The molecule has 3 aromatic heterocycles. The Bertz CT molecular complexity index is 1080. The molecule has 9 heteroatoms. The molecule has 4 aromatic rings. The molecule has 27 heavy (non-hydrogen) atoms. The van der Waals surface area contributed by atoms with Crippen LogP contribution >= 0.6 is 0 Å². The van der Waals surface area contributed by atoms with Crippen LogP contribution in [0.4, 0.5) is 5.69 Å². The predicted octanol–water partition coefficient (Wildman–Crippen LogP) is 2.11. The molecular formula is C18H16N8O. The average Bonchev–Trinajstić information content (AvgIpc) is 3.30. The summed E-state index contributed by atoms with van der Waals surface area (Å²) in [6.45, 7) is 3.83. The van der Waals surface area contributed by atoms with Gasteiger partial charge in [-0.2, -0.15) is 15.0 Å². The third kappa shape index (κ3) is 3.43. The fourth-order valence-corrected chi connectivity index (χ4v) is 2.57. The number of aromatic nitrogens is 7. The van der Waals surface area contributed by atoms with Gasteiger partial charge in [0.2, 0.25) is 0 Å². The van der Waals surface area contributed by atoms with E-state index in [2.05, 4.69) is 30.6 Å². The first kappa shape index (κ1) is 16.6. The van der Waals surface area contributed by atoms with Gasteiger partial charge in [0.1, 0.15) is 0 Å². The fourth-order valence-electron chi connectivity index (χ4n) is 2.57. The zero-order valence-electron chi connectivity index (χ0n) is 14.7. The fraction of sp³-hybridized carbons (Fsp3) is 0.111. The minimum Gasteiger partial charge on any atom is -0.318 e.